The molecule has 0 spiro atoms. The Bertz CT molecular complexity index is 419. The van der Waals surface area contributed by atoms with Crippen LogP contribution in [0.3, 0.4) is 0 Å². The lowest BCUT2D eigenvalue weighted by molar-refractivity contribution is 0.509. The van der Waals surface area contributed by atoms with Crippen LogP contribution in [0, 0.1) is 0 Å². The van der Waals surface area contributed by atoms with Gasteiger partial charge in [0.25, 0.3) is 0 Å². The fourth-order valence-corrected chi connectivity index (χ4v) is 1.77. The Hall–Kier alpha value is -1.77. The summed E-state index contributed by atoms with van der Waals surface area (Å²) >= 11 is 0. The molecule has 0 aliphatic rings. The first kappa shape index (κ1) is 9.77. The second kappa shape index (κ2) is 4.17. The first-order chi connectivity index (χ1) is 7.31. The van der Waals surface area contributed by atoms with Crippen molar-refractivity contribution < 1.29 is 0 Å². The van der Waals surface area contributed by atoms with Crippen LogP contribution in [0.4, 0.5) is 5.69 Å². The third-order valence-corrected chi connectivity index (χ3v) is 2.51. The van der Waals surface area contributed by atoms with Gasteiger partial charge in [-0.05, 0) is 12.0 Å². The lowest BCUT2D eigenvalue weighted by Crippen LogP contribution is -2.09. The molecule has 78 valence electrons. The van der Waals surface area contributed by atoms with E-state index in [-0.39, 0.29) is 6.04 Å². The summed E-state index contributed by atoms with van der Waals surface area (Å²) in [5.41, 5.74) is 7.64. The molecule has 0 radical (unpaired) electrons. The first-order valence-electron chi connectivity index (χ1n) is 5.16. The molecule has 0 bridgehead atoms. The number of anilines is 1. The zero-order chi connectivity index (χ0) is 10.7. The molecule has 0 fully saturated rings. The molecule has 3 heteroatoms. The molecule has 1 heterocycles. The third kappa shape index (κ3) is 2.01. The maximum Gasteiger partial charge on any atom is 0.0766 e. The highest BCUT2D eigenvalue weighted by molar-refractivity contribution is 5.31. The van der Waals surface area contributed by atoms with Crippen molar-refractivity contribution in [3.05, 3.63) is 48.3 Å². The van der Waals surface area contributed by atoms with Gasteiger partial charge in [0.1, 0.15) is 0 Å². The van der Waals surface area contributed by atoms with E-state index >= 15 is 0 Å². The van der Waals surface area contributed by atoms with E-state index in [9.17, 15) is 0 Å². The second-order valence-electron chi connectivity index (χ2n) is 3.59. The predicted octanol–water partition coefficient (Wildman–Crippen LogP) is 2.46. The van der Waals surface area contributed by atoms with Crippen molar-refractivity contribution in [1.29, 1.82) is 0 Å². The number of nitrogen functional groups attached to an aromatic ring is 1. The summed E-state index contributed by atoms with van der Waals surface area (Å²) in [7, 11) is 0. The fourth-order valence-electron chi connectivity index (χ4n) is 1.77. The number of rotatable bonds is 3. The summed E-state index contributed by atoms with van der Waals surface area (Å²) in [5, 5.41) is 4.25. The minimum Gasteiger partial charge on any atom is -0.396 e. The molecule has 15 heavy (non-hydrogen) atoms. The zero-order valence-corrected chi connectivity index (χ0v) is 8.80. The standard InChI is InChI=1S/C12H15N3/c1-2-12(10-6-4-3-5-7-10)15-9-11(13)8-14-15/h3-9,12H,2,13H2,1H3. The molecule has 1 unspecified atom stereocenters. The molecular weight excluding hydrogens is 186 g/mol. The SMILES string of the molecule is CCC(c1ccccc1)n1cc(N)cn1. The van der Waals surface area contributed by atoms with Crippen molar-refractivity contribution >= 4 is 5.69 Å². The minimum atomic E-state index is 0.281. The number of hydrogen-bond acceptors (Lipinski definition) is 2. The van der Waals surface area contributed by atoms with Gasteiger partial charge in [-0.25, -0.2) is 0 Å². The van der Waals surface area contributed by atoms with Gasteiger partial charge in [0.15, 0.2) is 0 Å². The van der Waals surface area contributed by atoms with Gasteiger partial charge in [-0.1, -0.05) is 37.3 Å². The molecule has 2 rings (SSSR count). The van der Waals surface area contributed by atoms with E-state index in [0.29, 0.717) is 5.69 Å². The summed E-state index contributed by atoms with van der Waals surface area (Å²) in [6.45, 7) is 2.15. The highest BCUT2D eigenvalue weighted by Crippen LogP contribution is 2.21. The Morgan fingerprint density at radius 2 is 2.07 bits per heavy atom. The van der Waals surface area contributed by atoms with Crippen LogP contribution in [-0.2, 0) is 0 Å². The molecule has 2 N–H and O–H groups in total. The van der Waals surface area contributed by atoms with Gasteiger partial charge in [-0.3, -0.25) is 4.68 Å². The number of nitrogens with zero attached hydrogens (tertiary/aromatic N) is 2. The van der Waals surface area contributed by atoms with Crippen LogP contribution in [0.2, 0.25) is 0 Å². The monoisotopic (exact) mass is 201 g/mol. The van der Waals surface area contributed by atoms with Gasteiger partial charge >= 0.3 is 0 Å². The van der Waals surface area contributed by atoms with Crippen LogP contribution < -0.4 is 5.73 Å². The van der Waals surface area contributed by atoms with Crippen LogP contribution in [-0.4, -0.2) is 9.78 Å². The molecule has 1 atom stereocenters. The van der Waals surface area contributed by atoms with Crippen LogP contribution in [0.25, 0.3) is 0 Å². The molecule has 2 aromatic rings. The Morgan fingerprint density at radius 1 is 1.33 bits per heavy atom. The van der Waals surface area contributed by atoms with Gasteiger partial charge < -0.3 is 5.73 Å². The number of aromatic nitrogens is 2. The number of benzene rings is 1. The molecule has 1 aromatic heterocycles. The fraction of sp³-hybridized carbons (Fsp3) is 0.250. The first-order valence-corrected chi connectivity index (χ1v) is 5.16. The van der Waals surface area contributed by atoms with Gasteiger partial charge in [0.2, 0.25) is 0 Å². The Labute approximate surface area is 89.5 Å². The van der Waals surface area contributed by atoms with Gasteiger partial charge in [-0.15, -0.1) is 0 Å². The Balaban J connectivity index is 2.33. The highest BCUT2D eigenvalue weighted by atomic mass is 15.3. The van der Waals surface area contributed by atoms with E-state index in [1.165, 1.54) is 5.56 Å². The van der Waals surface area contributed by atoms with Gasteiger partial charge in [0.05, 0.1) is 17.9 Å². The van der Waals surface area contributed by atoms with Crippen molar-refractivity contribution in [3.8, 4) is 0 Å². The van der Waals surface area contributed by atoms with E-state index in [4.69, 9.17) is 5.73 Å². The van der Waals surface area contributed by atoms with E-state index in [1.807, 2.05) is 29.1 Å². The summed E-state index contributed by atoms with van der Waals surface area (Å²) in [4.78, 5) is 0. The Kier molecular flexibility index (Phi) is 2.72. The van der Waals surface area contributed by atoms with Crippen molar-refractivity contribution in [3.63, 3.8) is 0 Å². The molecule has 0 saturated heterocycles. The van der Waals surface area contributed by atoms with Gasteiger partial charge in [-0.2, -0.15) is 5.10 Å². The minimum absolute atomic E-state index is 0.281. The Morgan fingerprint density at radius 3 is 2.60 bits per heavy atom. The smallest absolute Gasteiger partial charge is 0.0766 e. The lowest BCUT2D eigenvalue weighted by atomic mass is 10.1. The van der Waals surface area contributed by atoms with Crippen LogP contribution >= 0.6 is 0 Å². The van der Waals surface area contributed by atoms with E-state index in [1.54, 1.807) is 6.20 Å². The third-order valence-electron chi connectivity index (χ3n) is 2.51. The molecule has 1 aromatic carbocycles. The highest BCUT2D eigenvalue weighted by Gasteiger charge is 2.11. The molecule has 0 saturated carbocycles. The average molecular weight is 201 g/mol. The second-order valence-corrected chi connectivity index (χ2v) is 3.59. The quantitative estimate of drug-likeness (QED) is 0.829. The maximum absolute atomic E-state index is 5.67. The normalized spacial score (nSPS) is 12.6. The average Bonchev–Trinajstić information content (AvgIpc) is 2.68. The summed E-state index contributed by atoms with van der Waals surface area (Å²) < 4.78 is 1.92. The van der Waals surface area contributed by atoms with E-state index < -0.39 is 0 Å². The largest absolute Gasteiger partial charge is 0.396 e. The van der Waals surface area contributed by atoms with Crippen LogP contribution in [0.5, 0.6) is 0 Å². The van der Waals surface area contributed by atoms with Crippen LogP contribution in [0.15, 0.2) is 42.7 Å². The van der Waals surface area contributed by atoms with Crippen molar-refractivity contribution in [1.82, 2.24) is 9.78 Å². The lowest BCUT2D eigenvalue weighted by Gasteiger charge is -2.15. The molecule has 0 amide bonds. The molecule has 3 nitrogen and oxygen atoms in total. The number of nitrogens with two attached hydrogens (primary N) is 1. The van der Waals surface area contributed by atoms with Crippen molar-refractivity contribution in [2.24, 2.45) is 0 Å². The number of hydrogen-bond donors (Lipinski definition) is 1. The molecule has 0 aliphatic carbocycles. The maximum atomic E-state index is 5.67. The van der Waals surface area contributed by atoms with Crippen LogP contribution in [0.1, 0.15) is 24.9 Å². The zero-order valence-electron chi connectivity index (χ0n) is 8.80. The molecular formula is C12H15N3. The van der Waals surface area contributed by atoms with Crippen molar-refractivity contribution in [2.75, 3.05) is 5.73 Å². The predicted molar refractivity (Wildman–Crippen MR) is 61.5 cm³/mol. The summed E-state index contributed by atoms with van der Waals surface area (Å²) in [5.74, 6) is 0. The van der Waals surface area contributed by atoms with Crippen molar-refractivity contribution in [2.45, 2.75) is 19.4 Å². The topological polar surface area (TPSA) is 43.8 Å². The van der Waals surface area contributed by atoms with E-state index in [0.717, 1.165) is 6.42 Å². The molecule has 0 aliphatic heterocycles. The van der Waals surface area contributed by atoms with E-state index in [2.05, 4.69) is 24.2 Å². The van der Waals surface area contributed by atoms with Gasteiger partial charge in [0, 0.05) is 6.20 Å². The summed E-state index contributed by atoms with van der Waals surface area (Å²) in [6.07, 6.45) is 4.57. The summed E-state index contributed by atoms with van der Waals surface area (Å²) in [6, 6.07) is 10.6.